The fourth-order valence-electron chi connectivity index (χ4n) is 5.99. The van der Waals surface area contributed by atoms with Gasteiger partial charge in [0.1, 0.15) is 18.5 Å². The standard InChI is InChI=1S/C27H26FN3O6/c1-4-27(36)16-7-20-23-14(9-31(20)25(34)15(16)10-37-26(27)35)22-18(30-24(33)12(3)32)6-5-13-11(2)17(28)8-19(29-23)21(13)22/h7-8,12,18,32,36H,4-6,9-10H2,1-3H3,(H,30,33)/t12?,18?,27-/m0/s1. The maximum absolute atomic E-state index is 14.9. The van der Waals surface area contributed by atoms with E-state index in [1.54, 1.807) is 19.9 Å². The summed E-state index contributed by atoms with van der Waals surface area (Å²) in [4.78, 5) is 43.3. The Balaban J connectivity index is 1.65. The fraction of sp³-hybridized carbons (Fsp3) is 0.407. The first-order chi connectivity index (χ1) is 17.6. The van der Waals surface area contributed by atoms with E-state index in [1.807, 2.05) is 0 Å². The van der Waals surface area contributed by atoms with Crippen LogP contribution >= 0.6 is 0 Å². The number of carbonyl (C=O) groups is 2. The number of hydrogen-bond acceptors (Lipinski definition) is 7. The molecule has 0 saturated heterocycles. The van der Waals surface area contributed by atoms with E-state index >= 15 is 0 Å². The molecule has 0 saturated carbocycles. The highest BCUT2D eigenvalue weighted by atomic mass is 19.1. The van der Waals surface area contributed by atoms with Crippen LogP contribution < -0.4 is 10.9 Å². The molecule has 3 aromatic rings. The Hall–Kier alpha value is -3.63. The second-order valence-corrected chi connectivity index (χ2v) is 10.1. The Kier molecular flexibility index (Phi) is 5.09. The summed E-state index contributed by atoms with van der Waals surface area (Å²) in [6.07, 6.45) is -0.187. The Labute approximate surface area is 210 Å². The summed E-state index contributed by atoms with van der Waals surface area (Å²) in [7, 11) is 0. The van der Waals surface area contributed by atoms with Crippen LogP contribution in [-0.2, 0) is 39.5 Å². The number of esters is 1. The molecule has 37 heavy (non-hydrogen) atoms. The van der Waals surface area contributed by atoms with Gasteiger partial charge in [0.15, 0.2) is 5.60 Å². The number of aryl methyl sites for hydroxylation is 1. The number of aliphatic hydroxyl groups excluding tert-OH is 1. The number of halogens is 1. The van der Waals surface area contributed by atoms with Crippen molar-refractivity contribution < 1.29 is 28.9 Å². The van der Waals surface area contributed by atoms with E-state index in [0.717, 1.165) is 16.5 Å². The van der Waals surface area contributed by atoms with Gasteiger partial charge in [0.25, 0.3) is 5.56 Å². The molecule has 10 heteroatoms. The first-order valence-corrected chi connectivity index (χ1v) is 12.4. The van der Waals surface area contributed by atoms with Crippen molar-refractivity contribution >= 4 is 22.8 Å². The molecule has 192 valence electrons. The minimum Gasteiger partial charge on any atom is -0.458 e. The molecule has 0 fully saturated rings. The van der Waals surface area contributed by atoms with Crippen LogP contribution in [0.15, 0.2) is 16.9 Å². The first kappa shape index (κ1) is 23.7. The fourth-order valence-corrected chi connectivity index (χ4v) is 5.99. The number of benzene rings is 1. The third-order valence-corrected chi connectivity index (χ3v) is 8.07. The molecular weight excluding hydrogens is 481 g/mol. The Morgan fingerprint density at radius 3 is 2.78 bits per heavy atom. The van der Waals surface area contributed by atoms with Crippen LogP contribution in [0.2, 0.25) is 0 Å². The number of ether oxygens (including phenoxy) is 1. The van der Waals surface area contributed by atoms with Gasteiger partial charge in [0.05, 0.1) is 35.1 Å². The van der Waals surface area contributed by atoms with Gasteiger partial charge in [0, 0.05) is 22.6 Å². The molecule has 1 amide bonds. The van der Waals surface area contributed by atoms with E-state index in [4.69, 9.17) is 9.72 Å². The molecule has 2 unspecified atom stereocenters. The van der Waals surface area contributed by atoms with Gasteiger partial charge in [-0.25, -0.2) is 14.2 Å². The molecule has 4 heterocycles. The van der Waals surface area contributed by atoms with Crippen LogP contribution in [0.1, 0.15) is 66.1 Å². The number of nitrogens with zero attached hydrogens (tertiary/aromatic N) is 2. The number of aliphatic hydroxyl groups is 2. The Bertz CT molecular complexity index is 1610. The third kappa shape index (κ3) is 3.15. The molecule has 3 aliphatic rings. The summed E-state index contributed by atoms with van der Waals surface area (Å²) < 4.78 is 21.6. The molecule has 0 bridgehead atoms. The molecule has 3 N–H and O–H groups in total. The number of cyclic esters (lactones) is 1. The van der Waals surface area contributed by atoms with Gasteiger partial charge >= 0.3 is 5.97 Å². The predicted molar refractivity (Wildman–Crippen MR) is 130 cm³/mol. The number of carbonyl (C=O) groups excluding carboxylic acids is 2. The van der Waals surface area contributed by atoms with E-state index < -0.39 is 41.0 Å². The normalized spacial score (nSPS) is 22.2. The van der Waals surface area contributed by atoms with Crippen LogP contribution in [0, 0.1) is 12.7 Å². The average molecular weight is 508 g/mol. The molecule has 1 aliphatic carbocycles. The topological polar surface area (TPSA) is 131 Å². The SMILES string of the molecule is CC[C@@]1(O)C(=O)OCc2c1cc1n(c2=O)Cc2c-1nc1cc(F)c(C)c3c1c2C(NC(=O)C(C)O)CC3. The lowest BCUT2D eigenvalue weighted by molar-refractivity contribution is -0.172. The monoisotopic (exact) mass is 507 g/mol. The minimum absolute atomic E-state index is 0.0201. The van der Waals surface area contributed by atoms with Gasteiger partial charge in [-0.05, 0) is 55.9 Å². The number of aromatic nitrogens is 2. The first-order valence-electron chi connectivity index (χ1n) is 12.4. The van der Waals surface area contributed by atoms with Crippen molar-refractivity contribution in [2.75, 3.05) is 0 Å². The zero-order chi connectivity index (χ0) is 26.4. The number of amides is 1. The predicted octanol–water partition coefficient (Wildman–Crippen LogP) is 2.01. The quantitative estimate of drug-likeness (QED) is 0.362. The number of rotatable bonds is 3. The van der Waals surface area contributed by atoms with Gasteiger partial charge in [-0.2, -0.15) is 0 Å². The summed E-state index contributed by atoms with van der Waals surface area (Å²) in [6.45, 7) is 4.65. The summed E-state index contributed by atoms with van der Waals surface area (Å²) in [5.74, 6) is -1.73. The van der Waals surface area contributed by atoms with Gasteiger partial charge < -0.3 is 24.8 Å². The second kappa shape index (κ2) is 7.93. The van der Waals surface area contributed by atoms with Crippen molar-refractivity contribution in [2.24, 2.45) is 0 Å². The summed E-state index contributed by atoms with van der Waals surface area (Å²) in [5, 5.41) is 24.6. The van der Waals surface area contributed by atoms with Crippen molar-refractivity contribution in [3.05, 3.63) is 61.7 Å². The van der Waals surface area contributed by atoms with Gasteiger partial charge in [-0.15, -0.1) is 0 Å². The van der Waals surface area contributed by atoms with Gasteiger partial charge in [-0.3, -0.25) is 9.59 Å². The van der Waals surface area contributed by atoms with Crippen LogP contribution in [-0.4, -0.2) is 37.7 Å². The van der Waals surface area contributed by atoms with Crippen LogP contribution in [0.25, 0.3) is 22.3 Å². The third-order valence-electron chi connectivity index (χ3n) is 8.07. The van der Waals surface area contributed by atoms with E-state index in [0.29, 0.717) is 40.9 Å². The van der Waals surface area contributed by atoms with E-state index in [2.05, 4.69) is 5.32 Å². The summed E-state index contributed by atoms with van der Waals surface area (Å²) in [6, 6.07) is 2.49. The number of nitrogens with one attached hydrogen (secondary N) is 1. The number of hydrogen-bond donors (Lipinski definition) is 3. The molecule has 2 aliphatic heterocycles. The summed E-state index contributed by atoms with van der Waals surface area (Å²) in [5.41, 5.74) is 2.07. The lowest BCUT2D eigenvalue weighted by atomic mass is 9.81. The molecule has 1 aromatic carbocycles. The van der Waals surface area contributed by atoms with Gasteiger partial charge in [0.2, 0.25) is 5.91 Å². The Morgan fingerprint density at radius 2 is 2.08 bits per heavy atom. The maximum Gasteiger partial charge on any atom is 0.343 e. The Morgan fingerprint density at radius 1 is 1.32 bits per heavy atom. The maximum atomic E-state index is 14.9. The zero-order valence-electron chi connectivity index (χ0n) is 20.6. The highest BCUT2D eigenvalue weighted by Crippen LogP contribution is 2.45. The number of pyridine rings is 2. The molecule has 9 nitrogen and oxygen atoms in total. The van der Waals surface area contributed by atoms with Crippen LogP contribution in [0.3, 0.4) is 0 Å². The largest absolute Gasteiger partial charge is 0.458 e. The van der Waals surface area contributed by atoms with E-state index in [-0.39, 0.29) is 30.7 Å². The molecule has 0 spiro atoms. The van der Waals surface area contributed by atoms with Crippen LogP contribution in [0.5, 0.6) is 0 Å². The molecule has 3 atom stereocenters. The minimum atomic E-state index is -1.96. The lowest BCUT2D eigenvalue weighted by Crippen LogP contribution is -2.44. The van der Waals surface area contributed by atoms with Crippen molar-refractivity contribution in [1.29, 1.82) is 0 Å². The smallest absolute Gasteiger partial charge is 0.343 e. The van der Waals surface area contributed by atoms with Crippen LogP contribution in [0.4, 0.5) is 4.39 Å². The molecule has 6 rings (SSSR count). The van der Waals surface area contributed by atoms with Crippen molar-refractivity contribution in [3.63, 3.8) is 0 Å². The molecule has 2 aromatic heterocycles. The highest BCUT2D eigenvalue weighted by Gasteiger charge is 2.46. The van der Waals surface area contributed by atoms with E-state index in [1.165, 1.54) is 17.6 Å². The van der Waals surface area contributed by atoms with Crippen molar-refractivity contribution in [2.45, 2.75) is 70.9 Å². The summed E-state index contributed by atoms with van der Waals surface area (Å²) >= 11 is 0. The molecular formula is C27H26FN3O6. The zero-order valence-corrected chi connectivity index (χ0v) is 20.6. The number of fused-ring (bicyclic) bond motifs is 5. The van der Waals surface area contributed by atoms with Crippen molar-refractivity contribution in [3.8, 4) is 11.4 Å². The van der Waals surface area contributed by atoms with E-state index in [9.17, 15) is 29.0 Å². The van der Waals surface area contributed by atoms with Crippen molar-refractivity contribution in [1.82, 2.24) is 14.9 Å². The van der Waals surface area contributed by atoms with Gasteiger partial charge in [-0.1, -0.05) is 6.92 Å². The highest BCUT2D eigenvalue weighted by molar-refractivity contribution is 5.94. The lowest BCUT2D eigenvalue weighted by Gasteiger charge is -2.31. The molecule has 0 radical (unpaired) electrons. The second-order valence-electron chi connectivity index (χ2n) is 10.1. The average Bonchev–Trinajstić information content (AvgIpc) is 3.24.